The van der Waals surface area contributed by atoms with Gasteiger partial charge in [-0.05, 0) is 18.6 Å². The molecule has 1 fully saturated rings. The number of rotatable bonds is 2. The molecule has 0 N–H and O–H groups in total. The molecule has 1 aliphatic rings. The Hall–Kier alpha value is -0.470. The molecule has 1 aromatic rings. The predicted octanol–water partition coefficient (Wildman–Crippen LogP) is 3.43. The summed E-state index contributed by atoms with van der Waals surface area (Å²) in [5, 5.41) is 0. The molecule has 1 aliphatic heterocycles. The lowest BCUT2D eigenvalue weighted by atomic mass is 10.2. The molecule has 1 nitrogen and oxygen atoms in total. The zero-order valence-electron chi connectivity index (χ0n) is 7.74. The Bertz CT molecular complexity index is 242. The summed E-state index contributed by atoms with van der Waals surface area (Å²) in [6.45, 7) is 2.33. The van der Waals surface area contributed by atoms with Gasteiger partial charge in [0.25, 0.3) is 0 Å². The quantitative estimate of drug-likeness (QED) is 0.516. The maximum atomic E-state index is 3.26. The lowest BCUT2D eigenvalue weighted by molar-refractivity contribution is 0.0140. The second-order valence-corrected chi connectivity index (χ2v) is 4.41. The zero-order chi connectivity index (χ0) is 8.93. The van der Waals surface area contributed by atoms with Gasteiger partial charge >= 0.3 is 0 Å². The fourth-order valence-electron chi connectivity index (χ4n) is 1.50. The van der Waals surface area contributed by atoms with Crippen LogP contribution in [-0.2, 0) is 3.81 Å². The molecule has 13 heavy (non-hydrogen) atoms. The van der Waals surface area contributed by atoms with Crippen LogP contribution < -0.4 is 0 Å². The van der Waals surface area contributed by atoms with Gasteiger partial charge in [0.1, 0.15) is 0 Å². The van der Waals surface area contributed by atoms with Gasteiger partial charge in [-0.25, -0.2) is 0 Å². The summed E-state index contributed by atoms with van der Waals surface area (Å²) < 4.78 is 3.26. The van der Waals surface area contributed by atoms with Crippen LogP contribution in [0.15, 0.2) is 35.2 Å². The maximum Gasteiger partial charge on any atom is 0.225 e. The lowest BCUT2D eigenvalue weighted by Crippen LogP contribution is -2.14. The van der Waals surface area contributed by atoms with Crippen molar-refractivity contribution in [3.8, 4) is 0 Å². The van der Waals surface area contributed by atoms with Crippen molar-refractivity contribution in [3.63, 3.8) is 0 Å². The maximum absolute atomic E-state index is 3.26. The minimum Gasteiger partial charge on any atom is -0.344 e. The number of benzene rings is 1. The third-order valence-corrected chi connectivity index (χ3v) is 3.23. The first-order valence-electron chi connectivity index (χ1n) is 4.86. The molecule has 1 heterocycles. The molecular weight excluding hydrogens is 180 g/mol. The van der Waals surface area contributed by atoms with Crippen molar-refractivity contribution < 1.29 is 3.81 Å². The summed E-state index contributed by atoms with van der Waals surface area (Å²) in [6.07, 6.45) is 4.04. The Labute approximate surface area is 84.0 Å². The van der Waals surface area contributed by atoms with Crippen LogP contribution in [0.1, 0.15) is 19.3 Å². The highest BCUT2D eigenvalue weighted by atomic mass is 32.2. The van der Waals surface area contributed by atoms with E-state index >= 15 is 0 Å². The summed E-state index contributed by atoms with van der Waals surface area (Å²) in [5.41, 5.74) is 0. The molecule has 0 aliphatic carbocycles. The van der Waals surface area contributed by atoms with Gasteiger partial charge in [-0.2, -0.15) is 0 Å². The Morgan fingerprint density at radius 1 is 0.923 bits per heavy atom. The van der Waals surface area contributed by atoms with Crippen LogP contribution in [0, 0.1) is 0 Å². The summed E-state index contributed by atoms with van der Waals surface area (Å²) in [4.78, 5) is 1.33. The molecule has 0 bridgehead atoms. The molecule has 0 aromatic heterocycles. The van der Waals surface area contributed by atoms with Gasteiger partial charge < -0.3 is 3.81 Å². The summed E-state index contributed by atoms with van der Waals surface area (Å²) in [7, 11) is 0. The first kappa shape index (κ1) is 9.10. The Balaban J connectivity index is 1.90. The molecule has 0 unspecified atom stereocenters. The van der Waals surface area contributed by atoms with E-state index in [1.807, 2.05) is 12.0 Å². The van der Waals surface area contributed by atoms with Gasteiger partial charge in [0, 0.05) is 12.8 Å². The first-order chi connectivity index (χ1) is 6.45. The van der Waals surface area contributed by atoms with E-state index in [1.165, 1.54) is 37.4 Å². The van der Waals surface area contributed by atoms with E-state index in [4.69, 9.17) is 0 Å². The third kappa shape index (κ3) is 2.75. The normalized spacial score (nSPS) is 18.8. The van der Waals surface area contributed by atoms with Gasteiger partial charge in [-0.15, -0.1) is 0 Å². The topological polar surface area (TPSA) is 2.70 Å². The summed E-state index contributed by atoms with van der Waals surface area (Å²) in [5.74, 6) is 0. The van der Waals surface area contributed by atoms with Gasteiger partial charge in [-0.3, -0.25) is 0 Å². The van der Waals surface area contributed by atoms with Crippen molar-refractivity contribution >= 4 is 12.0 Å². The third-order valence-electron chi connectivity index (χ3n) is 2.20. The highest BCUT2D eigenvalue weighted by Gasteiger charge is 2.17. The van der Waals surface area contributed by atoms with Crippen LogP contribution in [-0.4, -0.2) is 13.2 Å². The number of hydrogen-bond donors (Lipinski definition) is 0. The largest absolute Gasteiger partial charge is 0.344 e. The second-order valence-electron chi connectivity index (χ2n) is 3.31. The van der Waals surface area contributed by atoms with Gasteiger partial charge in [0.15, 0.2) is 13.2 Å². The molecule has 0 atom stereocenters. The van der Waals surface area contributed by atoms with Crippen molar-refractivity contribution in [2.75, 3.05) is 13.2 Å². The van der Waals surface area contributed by atoms with Crippen LogP contribution >= 0.6 is 12.0 Å². The lowest BCUT2D eigenvalue weighted by Gasteiger charge is -2.19. The van der Waals surface area contributed by atoms with Gasteiger partial charge in [-0.1, -0.05) is 18.2 Å². The summed E-state index contributed by atoms with van der Waals surface area (Å²) >= 11 is 1.81. The van der Waals surface area contributed by atoms with Crippen molar-refractivity contribution in [2.45, 2.75) is 24.2 Å². The molecule has 0 radical (unpaired) electrons. The average Bonchev–Trinajstić information content (AvgIpc) is 2.21. The van der Waals surface area contributed by atoms with E-state index in [1.54, 1.807) is 0 Å². The van der Waals surface area contributed by atoms with Crippen LogP contribution in [0.2, 0.25) is 0 Å². The summed E-state index contributed by atoms with van der Waals surface area (Å²) in [6, 6.07) is 10.6. The fraction of sp³-hybridized carbons (Fsp3) is 0.455. The molecule has 2 rings (SSSR count). The van der Waals surface area contributed by atoms with Crippen molar-refractivity contribution in [2.24, 2.45) is 0 Å². The van der Waals surface area contributed by atoms with E-state index in [2.05, 4.69) is 34.1 Å². The molecule has 0 amide bonds. The molecule has 1 aromatic carbocycles. The van der Waals surface area contributed by atoms with E-state index in [-0.39, 0.29) is 0 Å². The van der Waals surface area contributed by atoms with Crippen LogP contribution in [0.4, 0.5) is 0 Å². The Kier molecular flexibility index (Phi) is 3.27. The fourth-order valence-corrected chi connectivity index (χ4v) is 2.44. The second kappa shape index (κ2) is 4.68. The van der Waals surface area contributed by atoms with Crippen LogP contribution in [0.25, 0.3) is 0 Å². The highest BCUT2D eigenvalue weighted by molar-refractivity contribution is 7.95. The van der Waals surface area contributed by atoms with Crippen molar-refractivity contribution in [1.29, 1.82) is 0 Å². The predicted molar refractivity (Wildman–Crippen MR) is 57.0 cm³/mol. The minimum absolute atomic E-state index is 1.17. The minimum atomic E-state index is 1.17. The van der Waals surface area contributed by atoms with Crippen LogP contribution in [0.3, 0.4) is 0 Å². The van der Waals surface area contributed by atoms with E-state index < -0.39 is 0 Å². The smallest absolute Gasteiger partial charge is 0.225 e. The number of hydrogen-bond acceptors (Lipinski definition) is 1. The van der Waals surface area contributed by atoms with Crippen molar-refractivity contribution in [1.82, 2.24) is 0 Å². The van der Waals surface area contributed by atoms with E-state index in [9.17, 15) is 0 Å². The average molecular weight is 195 g/mol. The zero-order valence-corrected chi connectivity index (χ0v) is 8.56. The van der Waals surface area contributed by atoms with Gasteiger partial charge in [0.05, 0.1) is 4.90 Å². The van der Waals surface area contributed by atoms with E-state index in [0.29, 0.717) is 0 Å². The first-order valence-corrected chi connectivity index (χ1v) is 5.60. The molecule has 0 saturated carbocycles. The Morgan fingerprint density at radius 2 is 1.62 bits per heavy atom. The molecule has 70 valence electrons. The Morgan fingerprint density at radius 3 is 2.31 bits per heavy atom. The standard InChI is InChI=1S/C11H15OS/c1-3-7-11(8-4-1)13-12-9-5-2-6-10-12/h1,3-4,7-8H,2,5-6,9-10H2/q+1. The van der Waals surface area contributed by atoms with Gasteiger partial charge in [0.2, 0.25) is 12.0 Å². The molecular formula is C11H15OS+. The van der Waals surface area contributed by atoms with Crippen molar-refractivity contribution in [3.05, 3.63) is 30.3 Å². The highest BCUT2D eigenvalue weighted by Crippen LogP contribution is 2.29. The van der Waals surface area contributed by atoms with E-state index in [0.717, 1.165) is 0 Å². The molecule has 2 heteroatoms. The molecule has 1 saturated heterocycles. The van der Waals surface area contributed by atoms with Crippen LogP contribution in [0.5, 0.6) is 0 Å². The molecule has 0 spiro atoms. The SMILES string of the molecule is c1ccc(S[O+]2CCCCC2)cc1. The monoisotopic (exact) mass is 195 g/mol.